The van der Waals surface area contributed by atoms with Gasteiger partial charge in [0.25, 0.3) is 0 Å². The van der Waals surface area contributed by atoms with Gasteiger partial charge in [-0.1, -0.05) is 25.7 Å². The largest absolute Gasteiger partial charge is 0.324 e. The lowest BCUT2D eigenvalue weighted by atomic mass is 9.92. The van der Waals surface area contributed by atoms with Crippen molar-refractivity contribution >= 4 is 0 Å². The van der Waals surface area contributed by atoms with E-state index in [2.05, 4.69) is 10.2 Å². The maximum Gasteiger partial charge on any atom is 0.0537 e. The third kappa shape index (κ3) is 2.40. The molecule has 15 heavy (non-hydrogen) atoms. The average molecular weight is 207 g/mol. The van der Waals surface area contributed by atoms with Crippen LogP contribution < -0.4 is 5.73 Å². The molecule has 0 aliphatic heterocycles. The van der Waals surface area contributed by atoms with E-state index in [0.29, 0.717) is 5.92 Å². The van der Waals surface area contributed by atoms with Gasteiger partial charge in [0.05, 0.1) is 6.20 Å². The molecule has 1 unspecified atom stereocenters. The molecular weight excluding hydrogens is 186 g/mol. The van der Waals surface area contributed by atoms with E-state index in [0.717, 1.165) is 0 Å². The second-order valence-corrected chi connectivity index (χ2v) is 4.72. The van der Waals surface area contributed by atoms with E-state index in [1.165, 1.54) is 49.8 Å². The first kappa shape index (κ1) is 10.7. The van der Waals surface area contributed by atoms with Crippen molar-refractivity contribution in [1.82, 2.24) is 10.2 Å². The zero-order valence-corrected chi connectivity index (χ0v) is 9.50. The molecule has 2 rings (SSSR count). The zero-order chi connectivity index (χ0) is 10.7. The molecule has 0 amide bonds. The van der Waals surface area contributed by atoms with Crippen molar-refractivity contribution in [2.75, 3.05) is 0 Å². The fourth-order valence-electron chi connectivity index (χ4n) is 2.56. The summed E-state index contributed by atoms with van der Waals surface area (Å²) in [4.78, 5) is 0. The van der Waals surface area contributed by atoms with E-state index in [-0.39, 0.29) is 6.04 Å². The van der Waals surface area contributed by atoms with Crippen LogP contribution in [0.25, 0.3) is 0 Å². The van der Waals surface area contributed by atoms with Crippen molar-refractivity contribution in [2.24, 2.45) is 5.73 Å². The lowest BCUT2D eigenvalue weighted by Crippen LogP contribution is -2.09. The van der Waals surface area contributed by atoms with Gasteiger partial charge in [0, 0.05) is 23.2 Å². The first-order valence-corrected chi connectivity index (χ1v) is 6.08. The lowest BCUT2D eigenvalue weighted by molar-refractivity contribution is 0.567. The highest BCUT2D eigenvalue weighted by Gasteiger charge is 2.20. The average Bonchev–Trinajstić information content (AvgIpc) is 2.55. The van der Waals surface area contributed by atoms with Crippen LogP contribution >= 0.6 is 0 Å². The smallest absolute Gasteiger partial charge is 0.0537 e. The van der Waals surface area contributed by atoms with E-state index in [1.54, 1.807) is 0 Å². The molecule has 3 heteroatoms. The molecule has 1 aromatic rings. The summed E-state index contributed by atoms with van der Waals surface area (Å²) in [6.45, 7) is 2.03. The Morgan fingerprint density at radius 2 is 2.00 bits per heavy atom. The van der Waals surface area contributed by atoms with Crippen LogP contribution in [0, 0.1) is 0 Å². The summed E-state index contributed by atoms with van der Waals surface area (Å²) >= 11 is 0. The third-order valence-electron chi connectivity index (χ3n) is 3.45. The number of nitrogens with one attached hydrogen (secondary N) is 1. The Morgan fingerprint density at radius 1 is 1.33 bits per heavy atom. The number of H-pyrrole nitrogens is 1. The number of aromatic nitrogens is 2. The number of hydrogen-bond donors (Lipinski definition) is 2. The minimum Gasteiger partial charge on any atom is -0.324 e. The van der Waals surface area contributed by atoms with E-state index >= 15 is 0 Å². The fraction of sp³-hybridized carbons (Fsp3) is 0.750. The van der Waals surface area contributed by atoms with Crippen LogP contribution in [-0.4, -0.2) is 10.2 Å². The second kappa shape index (κ2) is 4.79. The summed E-state index contributed by atoms with van der Waals surface area (Å²) in [6, 6.07) is 0.0991. The predicted octanol–water partition coefficient (Wildman–Crippen LogP) is 2.87. The van der Waals surface area contributed by atoms with Gasteiger partial charge in [-0.05, 0) is 19.8 Å². The molecular formula is C12H21N3. The summed E-state index contributed by atoms with van der Waals surface area (Å²) in [5, 5.41) is 7.30. The Morgan fingerprint density at radius 3 is 2.60 bits per heavy atom. The molecule has 84 valence electrons. The van der Waals surface area contributed by atoms with Crippen LogP contribution in [0.2, 0.25) is 0 Å². The number of nitrogens with two attached hydrogens (primary N) is 1. The second-order valence-electron chi connectivity index (χ2n) is 4.72. The number of rotatable bonds is 2. The maximum atomic E-state index is 5.94. The molecule has 1 heterocycles. The van der Waals surface area contributed by atoms with Gasteiger partial charge in [0.1, 0.15) is 0 Å². The molecule has 0 spiro atoms. The van der Waals surface area contributed by atoms with E-state index in [1.807, 2.05) is 13.1 Å². The standard InChI is InChI=1S/C12H21N3/c1-9(13)11-8-14-15-12(11)10-6-4-2-3-5-7-10/h8-10H,2-7,13H2,1H3,(H,14,15). The van der Waals surface area contributed by atoms with E-state index < -0.39 is 0 Å². The van der Waals surface area contributed by atoms with Gasteiger partial charge >= 0.3 is 0 Å². The van der Waals surface area contributed by atoms with Crippen LogP contribution in [-0.2, 0) is 0 Å². The molecule has 1 aromatic heterocycles. The van der Waals surface area contributed by atoms with E-state index in [4.69, 9.17) is 5.73 Å². The Labute approximate surface area is 91.4 Å². The first-order chi connectivity index (χ1) is 7.29. The lowest BCUT2D eigenvalue weighted by Gasteiger charge is -2.15. The van der Waals surface area contributed by atoms with Crippen molar-refractivity contribution < 1.29 is 0 Å². The van der Waals surface area contributed by atoms with Gasteiger partial charge in [-0.15, -0.1) is 0 Å². The fourth-order valence-corrected chi connectivity index (χ4v) is 2.56. The monoisotopic (exact) mass is 207 g/mol. The molecule has 1 aliphatic rings. The molecule has 1 saturated carbocycles. The SMILES string of the molecule is CC(N)c1cn[nH]c1C1CCCCCC1. The Bertz CT molecular complexity index is 296. The highest BCUT2D eigenvalue weighted by molar-refractivity contribution is 5.23. The molecule has 3 nitrogen and oxygen atoms in total. The van der Waals surface area contributed by atoms with E-state index in [9.17, 15) is 0 Å². The highest BCUT2D eigenvalue weighted by Crippen LogP contribution is 2.33. The minimum absolute atomic E-state index is 0.0991. The quantitative estimate of drug-likeness (QED) is 0.733. The number of aromatic amines is 1. The van der Waals surface area contributed by atoms with Crippen molar-refractivity contribution in [3.05, 3.63) is 17.5 Å². The Hall–Kier alpha value is -0.830. The third-order valence-corrected chi connectivity index (χ3v) is 3.45. The van der Waals surface area contributed by atoms with Crippen molar-refractivity contribution in [3.63, 3.8) is 0 Å². The van der Waals surface area contributed by atoms with Crippen LogP contribution in [0.15, 0.2) is 6.20 Å². The normalized spacial score (nSPS) is 21.2. The summed E-state index contributed by atoms with van der Waals surface area (Å²) in [6.07, 6.45) is 9.95. The summed E-state index contributed by atoms with van der Waals surface area (Å²) < 4.78 is 0. The molecule has 0 saturated heterocycles. The van der Waals surface area contributed by atoms with Crippen molar-refractivity contribution in [3.8, 4) is 0 Å². The van der Waals surface area contributed by atoms with Gasteiger partial charge in [-0.3, -0.25) is 5.10 Å². The van der Waals surface area contributed by atoms with Gasteiger partial charge in [0.15, 0.2) is 0 Å². The molecule has 1 fully saturated rings. The Balaban J connectivity index is 2.15. The van der Waals surface area contributed by atoms with Gasteiger partial charge in [0.2, 0.25) is 0 Å². The van der Waals surface area contributed by atoms with Crippen LogP contribution in [0.4, 0.5) is 0 Å². The molecule has 1 aliphatic carbocycles. The molecule has 0 bridgehead atoms. The summed E-state index contributed by atoms with van der Waals surface area (Å²) in [5.74, 6) is 0.663. The summed E-state index contributed by atoms with van der Waals surface area (Å²) in [7, 11) is 0. The molecule has 1 atom stereocenters. The topological polar surface area (TPSA) is 54.7 Å². The van der Waals surface area contributed by atoms with Gasteiger partial charge < -0.3 is 5.73 Å². The predicted molar refractivity (Wildman–Crippen MR) is 61.6 cm³/mol. The minimum atomic E-state index is 0.0991. The first-order valence-electron chi connectivity index (χ1n) is 6.08. The molecule has 0 radical (unpaired) electrons. The molecule has 3 N–H and O–H groups in total. The zero-order valence-electron chi connectivity index (χ0n) is 9.50. The van der Waals surface area contributed by atoms with Crippen LogP contribution in [0.3, 0.4) is 0 Å². The van der Waals surface area contributed by atoms with Crippen molar-refractivity contribution in [2.45, 2.75) is 57.4 Å². The maximum absolute atomic E-state index is 5.94. The van der Waals surface area contributed by atoms with Gasteiger partial charge in [-0.25, -0.2) is 0 Å². The molecule has 0 aromatic carbocycles. The number of hydrogen-bond acceptors (Lipinski definition) is 2. The van der Waals surface area contributed by atoms with Crippen LogP contribution in [0.5, 0.6) is 0 Å². The summed E-state index contributed by atoms with van der Waals surface area (Å²) in [5.41, 5.74) is 8.45. The van der Waals surface area contributed by atoms with Gasteiger partial charge in [-0.2, -0.15) is 5.10 Å². The Kier molecular flexibility index (Phi) is 3.41. The highest BCUT2D eigenvalue weighted by atomic mass is 15.1. The number of nitrogens with zero attached hydrogens (tertiary/aromatic N) is 1. The van der Waals surface area contributed by atoms with Crippen LogP contribution in [0.1, 0.15) is 68.7 Å². The van der Waals surface area contributed by atoms with Crippen molar-refractivity contribution in [1.29, 1.82) is 0 Å².